The third-order valence-corrected chi connectivity index (χ3v) is 5.49. The van der Waals surface area contributed by atoms with Gasteiger partial charge in [0.15, 0.2) is 11.5 Å². The molecule has 3 aromatic rings. The standard InChI is InChI=1S/C23H21Cl3N2O3/c1-14(29)28-18-6-4-17(5-7-18)27-12-16-10-22(30-2)23(11-20(16)25)31-13-15-3-8-19(24)21(26)9-15/h3-11,27H,12-13H2,1-2H3,(H,28,29). The van der Waals surface area contributed by atoms with Gasteiger partial charge in [-0.2, -0.15) is 0 Å². The fraction of sp³-hybridized carbons (Fsp3) is 0.174. The third kappa shape index (κ3) is 6.44. The second kappa shape index (κ2) is 10.6. The molecule has 0 unspecified atom stereocenters. The van der Waals surface area contributed by atoms with Crippen LogP contribution in [0.4, 0.5) is 11.4 Å². The molecule has 0 aromatic heterocycles. The van der Waals surface area contributed by atoms with Crippen molar-refractivity contribution in [2.75, 3.05) is 17.7 Å². The van der Waals surface area contributed by atoms with Gasteiger partial charge in [0.05, 0.1) is 17.2 Å². The summed E-state index contributed by atoms with van der Waals surface area (Å²) in [7, 11) is 1.58. The van der Waals surface area contributed by atoms with Crippen LogP contribution in [0.2, 0.25) is 15.1 Å². The largest absolute Gasteiger partial charge is 0.493 e. The SMILES string of the molecule is COc1cc(CNc2ccc(NC(C)=O)cc2)c(Cl)cc1OCc1ccc(Cl)c(Cl)c1. The number of nitrogens with one attached hydrogen (secondary N) is 2. The lowest BCUT2D eigenvalue weighted by atomic mass is 10.2. The van der Waals surface area contributed by atoms with Crippen LogP contribution in [-0.4, -0.2) is 13.0 Å². The van der Waals surface area contributed by atoms with E-state index >= 15 is 0 Å². The molecule has 1 amide bonds. The van der Waals surface area contributed by atoms with E-state index in [0.717, 1.165) is 22.5 Å². The van der Waals surface area contributed by atoms with Crippen molar-refractivity contribution in [2.45, 2.75) is 20.1 Å². The minimum atomic E-state index is -0.110. The summed E-state index contributed by atoms with van der Waals surface area (Å²) in [6, 6.07) is 16.3. The van der Waals surface area contributed by atoms with Gasteiger partial charge in [-0.1, -0.05) is 40.9 Å². The molecule has 0 saturated heterocycles. The first-order chi connectivity index (χ1) is 14.9. The van der Waals surface area contributed by atoms with Crippen LogP contribution in [0.15, 0.2) is 54.6 Å². The quantitative estimate of drug-likeness (QED) is 0.373. The van der Waals surface area contributed by atoms with E-state index in [1.54, 1.807) is 25.3 Å². The Morgan fingerprint density at radius 3 is 2.23 bits per heavy atom. The van der Waals surface area contributed by atoms with Gasteiger partial charge in [0.2, 0.25) is 5.91 Å². The molecule has 3 aromatic carbocycles. The number of rotatable bonds is 8. The van der Waals surface area contributed by atoms with Gasteiger partial charge in [0.1, 0.15) is 6.61 Å². The summed E-state index contributed by atoms with van der Waals surface area (Å²) in [5.41, 5.74) is 3.36. The zero-order valence-corrected chi connectivity index (χ0v) is 19.2. The highest BCUT2D eigenvalue weighted by Gasteiger charge is 2.12. The van der Waals surface area contributed by atoms with Crippen molar-refractivity contribution in [2.24, 2.45) is 0 Å². The van der Waals surface area contributed by atoms with Crippen LogP contribution in [0.25, 0.3) is 0 Å². The Balaban J connectivity index is 1.67. The van der Waals surface area contributed by atoms with Gasteiger partial charge in [-0.25, -0.2) is 0 Å². The van der Waals surface area contributed by atoms with Crippen LogP contribution in [0.3, 0.4) is 0 Å². The summed E-state index contributed by atoms with van der Waals surface area (Å²) >= 11 is 18.5. The fourth-order valence-corrected chi connectivity index (χ4v) is 3.39. The number of carbonyl (C=O) groups excluding carboxylic acids is 1. The number of hydrogen-bond donors (Lipinski definition) is 2. The molecule has 0 heterocycles. The summed E-state index contributed by atoms with van der Waals surface area (Å²) < 4.78 is 11.4. The van der Waals surface area contributed by atoms with Crippen molar-refractivity contribution in [1.82, 2.24) is 0 Å². The zero-order valence-electron chi connectivity index (χ0n) is 17.0. The maximum atomic E-state index is 11.1. The van der Waals surface area contributed by atoms with Gasteiger partial charge < -0.3 is 20.1 Å². The number of benzene rings is 3. The lowest BCUT2D eigenvalue weighted by molar-refractivity contribution is -0.114. The van der Waals surface area contributed by atoms with E-state index < -0.39 is 0 Å². The highest BCUT2D eigenvalue weighted by molar-refractivity contribution is 6.42. The van der Waals surface area contributed by atoms with Crippen LogP contribution in [0.1, 0.15) is 18.1 Å². The van der Waals surface area contributed by atoms with E-state index in [2.05, 4.69) is 10.6 Å². The van der Waals surface area contributed by atoms with Crippen LogP contribution in [0, 0.1) is 0 Å². The van der Waals surface area contributed by atoms with Gasteiger partial charge in [-0.15, -0.1) is 0 Å². The fourth-order valence-electron chi connectivity index (χ4n) is 2.85. The van der Waals surface area contributed by atoms with Gasteiger partial charge in [0.25, 0.3) is 0 Å². The van der Waals surface area contributed by atoms with E-state index in [4.69, 9.17) is 44.3 Å². The van der Waals surface area contributed by atoms with Gasteiger partial charge in [-0.3, -0.25) is 4.79 Å². The number of amides is 1. The number of carbonyl (C=O) groups is 1. The predicted octanol–water partition coefficient (Wildman–Crippen LogP) is 6.80. The molecule has 0 aliphatic carbocycles. The van der Waals surface area contributed by atoms with Crippen LogP contribution >= 0.6 is 34.8 Å². The lowest BCUT2D eigenvalue weighted by Crippen LogP contribution is -2.06. The monoisotopic (exact) mass is 478 g/mol. The number of anilines is 2. The minimum Gasteiger partial charge on any atom is -0.493 e. The second-order valence-corrected chi connectivity index (χ2v) is 7.97. The Kier molecular flexibility index (Phi) is 7.91. The molecule has 3 rings (SSSR count). The summed E-state index contributed by atoms with van der Waals surface area (Å²) in [4.78, 5) is 11.1. The van der Waals surface area contributed by atoms with E-state index in [9.17, 15) is 4.79 Å². The molecule has 0 bridgehead atoms. The highest BCUT2D eigenvalue weighted by atomic mass is 35.5. The Hall–Kier alpha value is -2.60. The molecule has 8 heteroatoms. The number of halogens is 3. The molecule has 0 saturated carbocycles. The second-order valence-electron chi connectivity index (χ2n) is 6.74. The minimum absolute atomic E-state index is 0.110. The highest BCUT2D eigenvalue weighted by Crippen LogP contribution is 2.34. The zero-order chi connectivity index (χ0) is 22.4. The van der Waals surface area contributed by atoms with Gasteiger partial charge in [0, 0.05) is 35.9 Å². The van der Waals surface area contributed by atoms with Crippen molar-refractivity contribution >= 4 is 52.1 Å². The lowest BCUT2D eigenvalue weighted by Gasteiger charge is -2.15. The van der Waals surface area contributed by atoms with E-state index in [0.29, 0.717) is 39.7 Å². The summed E-state index contributed by atoms with van der Waals surface area (Å²) in [5, 5.41) is 7.55. The maximum Gasteiger partial charge on any atom is 0.221 e. The van der Waals surface area contributed by atoms with Crippen molar-refractivity contribution in [3.05, 3.63) is 80.8 Å². The first kappa shape index (κ1) is 23.1. The Bertz CT molecular complexity index is 1070. The molecule has 162 valence electrons. The normalized spacial score (nSPS) is 10.5. The van der Waals surface area contributed by atoms with Crippen molar-refractivity contribution in [3.8, 4) is 11.5 Å². The van der Waals surface area contributed by atoms with Gasteiger partial charge in [-0.05, 0) is 53.6 Å². The average molecular weight is 480 g/mol. The molecule has 31 heavy (non-hydrogen) atoms. The van der Waals surface area contributed by atoms with Crippen LogP contribution in [-0.2, 0) is 17.9 Å². The molecule has 5 nitrogen and oxygen atoms in total. The maximum absolute atomic E-state index is 11.1. The molecule has 0 aliphatic heterocycles. The first-order valence-corrected chi connectivity index (χ1v) is 10.5. The van der Waals surface area contributed by atoms with E-state index in [1.807, 2.05) is 36.4 Å². The van der Waals surface area contributed by atoms with E-state index in [-0.39, 0.29) is 5.91 Å². The van der Waals surface area contributed by atoms with E-state index in [1.165, 1.54) is 6.92 Å². The Morgan fingerprint density at radius 2 is 1.58 bits per heavy atom. The van der Waals surface area contributed by atoms with Crippen molar-refractivity contribution in [1.29, 1.82) is 0 Å². The molecule has 0 spiro atoms. The number of ether oxygens (including phenoxy) is 2. The van der Waals surface area contributed by atoms with Crippen LogP contribution < -0.4 is 20.1 Å². The van der Waals surface area contributed by atoms with Gasteiger partial charge >= 0.3 is 0 Å². The average Bonchev–Trinajstić information content (AvgIpc) is 2.74. The molecule has 0 aliphatic rings. The molecule has 0 radical (unpaired) electrons. The number of methoxy groups -OCH3 is 1. The summed E-state index contributed by atoms with van der Waals surface area (Å²) in [6.07, 6.45) is 0. The van der Waals surface area contributed by atoms with Crippen LogP contribution in [0.5, 0.6) is 11.5 Å². The summed E-state index contributed by atoms with van der Waals surface area (Å²) in [6.45, 7) is 2.25. The first-order valence-electron chi connectivity index (χ1n) is 9.40. The Morgan fingerprint density at radius 1 is 0.871 bits per heavy atom. The van der Waals surface area contributed by atoms with Crippen molar-refractivity contribution in [3.63, 3.8) is 0 Å². The topological polar surface area (TPSA) is 59.6 Å². The molecule has 2 N–H and O–H groups in total. The third-order valence-electron chi connectivity index (χ3n) is 4.40. The summed E-state index contributed by atoms with van der Waals surface area (Å²) in [5.74, 6) is 0.991. The number of hydrogen-bond acceptors (Lipinski definition) is 4. The molecular formula is C23H21Cl3N2O3. The van der Waals surface area contributed by atoms with Crippen molar-refractivity contribution < 1.29 is 14.3 Å². The predicted molar refractivity (Wildman–Crippen MR) is 127 cm³/mol. The molecule has 0 atom stereocenters. The Labute approximate surface area is 196 Å². The smallest absolute Gasteiger partial charge is 0.221 e. The molecule has 0 fully saturated rings. The molecular weight excluding hydrogens is 459 g/mol.